The molecule has 1 aromatic carbocycles. The first-order valence-corrected chi connectivity index (χ1v) is 8.87. The third-order valence-electron chi connectivity index (χ3n) is 4.04. The van der Waals surface area contributed by atoms with Crippen molar-refractivity contribution in [2.75, 3.05) is 5.32 Å². The zero-order valence-corrected chi connectivity index (χ0v) is 16.0. The topological polar surface area (TPSA) is 83.1 Å². The molecule has 0 atom stereocenters. The van der Waals surface area contributed by atoms with Crippen LogP contribution in [0.25, 0.3) is 5.65 Å². The van der Waals surface area contributed by atoms with Gasteiger partial charge in [0.2, 0.25) is 5.91 Å². The number of fused-ring (bicyclic) bond motifs is 1. The zero-order valence-electron chi connectivity index (χ0n) is 13.9. The van der Waals surface area contributed by atoms with Gasteiger partial charge in [0.1, 0.15) is 11.6 Å². The van der Waals surface area contributed by atoms with Crippen LogP contribution in [0.1, 0.15) is 28.9 Å². The number of nitrogens with zero attached hydrogens (tertiary/aromatic N) is 4. The van der Waals surface area contributed by atoms with Crippen LogP contribution in [0.2, 0.25) is 0 Å². The Morgan fingerprint density at radius 1 is 1.40 bits per heavy atom. The molecule has 0 saturated carbocycles. The predicted octanol–water partition coefficient (Wildman–Crippen LogP) is 3.39. The monoisotopic (exact) mass is 445 g/mol. The van der Waals surface area contributed by atoms with Gasteiger partial charge in [0, 0.05) is 27.1 Å². The summed E-state index contributed by atoms with van der Waals surface area (Å²) >= 11 is 2.21. The van der Waals surface area contributed by atoms with Gasteiger partial charge < -0.3 is 5.32 Å². The van der Waals surface area contributed by atoms with E-state index in [1.165, 1.54) is 6.20 Å². The van der Waals surface area contributed by atoms with Crippen molar-refractivity contribution in [2.45, 2.75) is 26.7 Å². The fourth-order valence-electron chi connectivity index (χ4n) is 2.78. The van der Waals surface area contributed by atoms with Crippen molar-refractivity contribution in [1.82, 2.24) is 14.6 Å². The second-order valence-corrected chi connectivity index (χ2v) is 6.97. The Bertz CT molecular complexity index is 1000. The summed E-state index contributed by atoms with van der Waals surface area (Å²) in [6.45, 7) is 3.83. The SMILES string of the molecule is Cc1nc2c(C#N)cnn2c(C)c1CCC(=O)Nc1cccc(I)c1. The Hall–Kier alpha value is -2.47. The number of carbonyl (C=O) groups is 1. The minimum Gasteiger partial charge on any atom is -0.326 e. The molecule has 25 heavy (non-hydrogen) atoms. The summed E-state index contributed by atoms with van der Waals surface area (Å²) in [5, 5.41) is 16.3. The molecule has 0 aliphatic rings. The quantitative estimate of drug-likeness (QED) is 0.625. The van der Waals surface area contributed by atoms with Gasteiger partial charge in [0.15, 0.2) is 5.65 Å². The van der Waals surface area contributed by atoms with Gasteiger partial charge in [-0.1, -0.05) is 6.07 Å². The van der Waals surface area contributed by atoms with Crippen molar-refractivity contribution >= 4 is 39.8 Å². The molecule has 2 aromatic heterocycles. The van der Waals surface area contributed by atoms with Gasteiger partial charge in [-0.2, -0.15) is 10.4 Å². The average molecular weight is 445 g/mol. The zero-order chi connectivity index (χ0) is 18.0. The summed E-state index contributed by atoms with van der Waals surface area (Å²) in [4.78, 5) is 16.7. The van der Waals surface area contributed by atoms with Crippen molar-refractivity contribution < 1.29 is 4.79 Å². The number of amides is 1. The van der Waals surface area contributed by atoms with Crippen LogP contribution in [0.4, 0.5) is 5.69 Å². The fourth-order valence-corrected chi connectivity index (χ4v) is 3.32. The molecule has 0 aliphatic heterocycles. The van der Waals surface area contributed by atoms with Gasteiger partial charge >= 0.3 is 0 Å². The lowest BCUT2D eigenvalue weighted by molar-refractivity contribution is -0.116. The Kier molecular flexibility index (Phi) is 4.99. The minimum absolute atomic E-state index is 0.0425. The molecule has 3 rings (SSSR count). The van der Waals surface area contributed by atoms with Crippen molar-refractivity contribution in [3.63, 3.8) is 0 Å². The maximum Gasteiger partial charge on any atom is 0.224 e. The summed E-state index contributed by atoms with van der Waals surface area (Å²) < 4.78 is 2.74. The predicted molar refractivity (Wildman–Crippen MR) is 103 cm³/mol. The molecule has 126 valence electrons. The largest absolute Gasteiger partial charge is 0.326 e. The summed E-state index contributed by atoms with van der Waals surface area (Å²) in [5.41, 5.74) is 4.52. The molecule has 6 nitrogen and oxygen atoms in total. The molecule has 0 fully saturated rings. The number of halogens is 1. The molecule has 7 heteroatoms. The number of carbonyl (C=O) groups excluding carboxylic acids is 1. The lowest BCUT2D eigenvalue weighted by atomic mass is 10.1. The number of anilines is 1. The normalized spacial score (nSPS) is 10.6. The molecule has 3 aromatic rings. The van der Waals surface area contributed by atoms with Crippen LogP contribution in [-0.4, -0.2) is 20.5 Å². The van der Waals surface area contributed by atoms with Crippen molar-refractivity contribution in [2.24, 2.45) is 0 Å². The fraction of sp³-hybridized carbons (Fsp3) is 0.222. The highest BCUT2D eigenvalue weighted by atomic mass is 127. The molecule has 0 radical (unpaired) electrons. The lowest BCUT2D eigenvalue weighted by Gasteiger charge is -2.11. The molecule has 0 unspecified atom stereocenters. The molecule has 0 spiro atoms. The van der Waals surface area contributed by atoms with E-state index >= 15 is 0 Å². The number of nitriles is 1. The van der Waals surface area contributed by atoms with Crippen LogP contribution < -0.4 is 5.32 Å². The van der Waals surface area contributed by atoms with Gasteiger partial charge in [-0.25, -0.2) is 9.50 Å². The van der Waals surface area contributed by atoms with Crippen LogP contribution in [0.5, 0.6) is 0 Å². The van der Waals surface area contributed by atoms with E-state index in [0.717, 1.165) is 26.2 Å². The third kappa shape index (κ3) is 3.64. The van der Waals surface area contributed by atoms with Crippen LogP contribution in [0.15, 0.2) is 30.5 Å². The second-order valence-electron chi connectivity index (χ2n) is 5.73. The van der Waals surface area contributed by atoms with E-state index in [-0.39, 0.29) is 5.91 Å². The first-order chi connectivity index (χ1) is 12.0. The molecule has 0 aliphatic carbocycles. The number of aromatic nitrogens is 3. The highest BCUT2D eigenvalue weighted by Gasteiger charge is 2.14. The van der Waals surface area contributed by atoms with Gasteiger partial charge in [0.05, 0.1) is 6.20 Å². The van der Waals surface area contributed by atoms with Crippen LogP contribution in [0, 0.1) is 28.7 Å². The standard InChI is InChI=1S/C18H16IN5O/c1-11-16(12(2)24-18(22-11)13(9-20)10-21-24)6-7-17(25)23-15-5-3-4-14(19)8-15/h3-5,8,10H,6-7H2,1-2H3,(H,23,25). The van der Waals surface area contributed by atoms with Gasteiger partial charge in [-0.3, -0.25) is 4.79 Å². The number of hydrogen-bond acceptors (Lipinski definition) is 4. The summed E-state index contributed by atoms with van der Waals surface area (Å²) in [7, 11) is 0. The van der Waals surface area contributed by atoms with Gasteiger partial charge in [0.25, 0.3) is 0 Å². The number of aryl methyl sites for hydroxylation is 2. The average Bonchev–Trinajstić information content (AvgIpc) is 2.97. The van der Waals surface area contributed by atoms with Crippen molar-refractivity contribution in [1.29, 1.82) is 5.26 Å². The van der Waals surface area contributed by atoms with E-state index in [1.54, 1.807) is 4.52 Å². The Morgan fingerprint density at radius 3 is 2.92 bits per heavy atom. The molecule has 0 saturated heterocycles. The molecule has 1 N–H and O–H groups in total. The van der Waals surface area contributed by atoms with Crippen LogP contribution >= 0.6 is 22.6 Å². The number of benzene rings is 1. The highest BCUT2D eigenvalue weighted by molar-refractivity contribution is 14.1. The van der Waals surface area contributed by atoms with E-state index in [9.17, 15) is 4.79 Å². The molecular formula is C18H16IN5O. The van der Waals surface area contributed by atoms with E-state index in [2.05, 4.69) is 44.1 Å². The molecule has 0 bridgehead atoms. The van der Waals surface area contributed by atoms with E-state index in [4.69, 9.17) is 5.26 Å². The first-order valence-electron chi connectivity index (χ1n) is 7.79. The van der Waals surface area contributed by atoms with Crippen molar-refractivity contribution in [3.05, 3.63) is 56.5 Å². The van der Waals surface area contributed by atoms with Crippen molar-refractivity contribution in [3.8, 4) is 6.07 Å². The third-order valence-corrected chi connectivity index (χ3v) is 4.71. The van der Waals surface area contributed by atoms with E-state index in [1.807, 2.05) is 38.1 Å². The summed E-state index contributed by atoms with van der Waals surface area (Å²) in [6, 6.07) is 9.78. The molecule has 2 heterocycles. The summed E-state index contributed by atoms with van der Waals surface area (Å²) in [5.74, 6) is -0.0425. The Morgan fingerprint density at radius 2 is 2.20 bits per heavy atom. The van der Waals surface area contributed by atoms with Crippen LogP contribution in [0.3, 0.4) is 0 Å². The number of hydrogen-bond donors (Lipinski definition) is 1. The number of rotatable bonds is 4. The lowest BCUT2D eigenvalue weighted by Crippen LogP contribution is -2.14. The summed E-state index contributed by atoms with van der Waals surface area (Å²) in [6.07, 6.45) is 2.44. The first kappa shape index (κ1) is 17.4. The Labute approximate surface area is 159 Å². The van der Waals surface area contributed by atoms with Crippen LogP contribution in [-0.2, 0) is 11.2 Å². The molecular weight excluding hydrogens is 429 g/mol. The van der Waals surface area contributed by atoms with Gasteiger partial charge in [-0.05, 0) is 66.6 Å². The van der Waals surface area contributed by atoms with Gasteiger partial charge in [-0.15, -0.1) is 0 Å². The maximum absolute atomic E-state index is 12.2. The van der Waals surface area contributed by atoms with E-state index in [0.29, 0.717) is 24.1 Å². The maximum atomic E-state index is 12.2. The molecule has 1 amide bonds. The highest BCUT2D eigenvalue weighted by Crippen LogP contribution is 2.19. The second kappa shape index (κ2) is 7.19. The Balaban J connectivity index is 1.77. The number of nitrogens with one attached hydrogen (secondary N) is 1. The van der Waals surface area contributed by atoms with E-state index < -0.39 is 0 Å². The smallest absolute Gasteiger partial charge is 0.224 e. The minimum atomic E-state index is -0.0425.